The lowest BCUT2D eigenvalue weighted by atomic mass is 9.74. The number of carbonyl (C=O) groups is 2. The summed E-state index contributed by atoms with van der Waals surface area (Å²) < 4.78 is 19.4. The van der Waals surface area contributed by atoms with Gasteiger partial charge in [0.2, 0.25) is 5.84 Å². The third kappa shape index (κ3) is 4.59. The van der Waals surface area contributed by atoms with Gasteiger partial charge in [-0.1, -0.05) is 29.8 Å². The molecule has 1 fully saturated rings. The zero-order valence-corrected chi connectivity index (χ0v) is 17.4. The van der Waals surface area contributed by atoms with Gasteiger partial charge in [0.05, 0.1) is 5.69 Å². The van der Waals surface area contributed by atoms with Gasteiger partial charge in [-0.2, -0.15) is 0 Å². The van der Waals surface area contributed by atoms with Gasteiger partial charge in [-0.3, -0.25) is 20.0 Å². The fourth-order valence-corrected chi connectivity index (χ4v) is 3.93. The first-order valence-electron chi connectivity index (χ1n) is 10.3. The molecule has 2 heterocycles. The number of amidine groups is 1. The Morgan fingerprint density at radius 3 is 2.68 bits per heavy atom. The summed E-state index contributed by atoms with van der Waals surface area (Å²) in [5.74, 6) is -0.894. The van der Waals surface area contributed by atoms with Crippen LogP contribution in [0.3, 0.4) is 0 Å². The standard InChI is InChI=1S/C23H25FN4O3/c1-16-5-7-19(8-6-16)28-20(29)14-25-21(27-28)22(30)26-15-23(9-11-31-12-10-23)17-3-2-4-18(24)13-17/h2-8,13H,9-12,14-15H2,1H3,(H,25,27)(H,26,30). The number of hydrazine groups is 1. The van der Waals surface area contributed by atoms with Gasteiger partial charge in [-0.05, 0) is 49.6 Å². The maximum Gasteiger partial charge on any atom is 0.288 e. The highest BCUT2D eigenvalue weighted by atomic mass is 19.1. The van der Waals surface area contributed by atoms with Crippen LogP contribution in [0.5, 0.6) is 0 Å². The number of carbonyl (C=O) groups excluding carboxylic acids is 2. The number of benzene rings is 2. The largest absolute Gasteiger partial charge is 0.381 e. The highest BCUT2D eigenvalue weighted by molar-refractivity contribution is 6.39. The molecule has 0 aromatic heterocycles. The molecule has 4 rings (SSSR count). The fourth-order valence-electron chi connectivity index (χ4n) is 3.93. The smallest absolute Gasteiger partial charge is 0.288 e. The van der Waals surface area contributed by atoms with Crippen LogP contribution in [0.25, 0.3) is 0 Å². The minimum atomic E-state index is -0.419. The number of ether oxygens (including phenoxy) is 1. The minimum absolute atomic E-state index is 0.0710. The molecule has 0 bridgehead atoms. The Morgan fingerprint density at radius 1 is 1.23 bits per heavy atom. The van der Waals surface area contributed by atoms with Crippen molar-refractivity contribution in [2.45, 2.75) is 25.2 Å². The van der Waals surface area contributed by atoms with Crippen molar-refractivity contribution in [1.29, 1.82) is 0 Å². The van der Waals surface area contributed by atoms with Crippen LogP contribution >= 0.6 is 0 Å². The van der Waals surface area contributed by atoms with Gasteiger partial charge in [-0.15, -0.1) is 0 Å². The molecule has 2 amide bonds. The summed E-state index contributed by atoms with van der Waals surface area (Å²) in [6.07, 6.45) is 1.34. The van der Waals surface area contributed by atoms with Crippen molar-refractivity contribution >= 4 is 23.3 Å². The van der Waals surface area contributed by atoms with Crippen molar-refractivity contribution in [3.05, 3.63) is 65.5 Å². The summed E-state index contributed by atoms with van der Waals surface area (Å²) in [7, 11) is 0. The van der Waals surface area contributed by atoms with E-state index in [1.165, 1.54) is 17.1 Å². The van der Waals surface area contributed by atoms with Gasteiger partial charge in [0.15, 0.2) is 0 Å². The van der Waals surface area contributed by atoms with E-state index in [0.29, 0.717) is 38.3 Å². The molecule has 31 heavy (non-hydrogen) atoms. The first-order chi connectivity index (χ1) is 15.0. The molecule has 0 saturated carbocycles. The molecule has 162 valence electrons. The number of rotatable bonds is 5. The van der Waals surface area contributed by atoms with E-state index < -0.39 is 11.3 Å². The van der Waals surface area contributed by atoms with Gasteiger partial charge in [0.25, 0.3) is 11.8 Å². The van der Waals surface area contributed by atoms with Crippen LogP contribution in [0.15, 0.2) is 53.5 Å². The Morgan fingerprint density at radius 2 is 1.97 bits per heavy atom. The van der Waals surface area contributed by atoms with Crippen LogP contribution in [0.4, 0.5) is 10.1 Å². The molecule has 2 aromatic carbocycles. The van der Waals surface area contributed by atoms with E-state index >= 15 is 0 Å². The molecule has 2 aliphatic heterocycles. The van der Waals surface area contributed by atoms with Crippen LogP contribution in [-0.2, 0) is 19.7 Å². The molecule has 2 aliphatic rings. The molecule has 7 nitrogen and oxygen atoms in total. The van der Waals surface area contributed by atoms with Crippen LogP contribution in [0.2, 0.25) is 0 Å². The van der Waals surface area contributed by atoms with Crippen molar-refractivity contribution in [3.8, 4) is 0 Å². The summed E-state index contributed by atoms with van der Waals surface area (Å²) in [5, 5.41) is 4.26. The molecule has 2 aromatic rings. The van der Waals surface area contributed by atoms with E-state index in [0.717, 1.165) is 11.1 Å². The maximum atomic E-state index is 13.9. The third-order valence-electron chi connectivity index (χ3n) is 5.82. The number of hydrogen-bond acceptors (Lipinski definition) is 5. The lowest BCUT2D eigenvalue weighted by molar-refractivity contribution is -0.118. The highest BCUT2D eigenvalue weighted by Gasteiger charge is 2.36. The monoisotopic (exact) mass is 424 g/mol. The number of hydrogen-bond donors (Lipinski definition) is 2. The summed E-state index contributed by atoms with van der Waals surface area (Å²) in [6.45, 7) is 3.24. The van der Waals surface area contributed by atoms with Crippen LogP contribution in [-0.4, -0.2) is 44.0 Å². The van der Waals surface area contributed by atoms with Crippen molar-refractivity contribution < 1.29 is 18.7 Å². The highest BCUT2D eigenvalue weighted by Crippen LogP contribution is 2.34. The number of anilines is 1. The van der Waals surface area contributed by atoms with Gasteiger partial charge < -0.3 is 10.1 Å². The topological polar surface area (TPSA) is 83.0 Å². The maximum absolute atomic E-state index is 13.9. The Labute approximate surface area is 180 Å². The van der Waals surface area contributed by atoms with E-state index in [9.17, 15) is 14.0 Å². The van der Waals surface area contributed by atoms with Gasteiger partial charge in [0, 0.05) is 25.2 Å². The van der Waals surface area contributed by atoms with Crippen molar-refractivity contribution in [3.63, 3.8) is 0 Å². The molecule has 1 saturated heterocycles. The number of amides is 2. The average molecular weight is 424 g/mol. The second kappa shape index (κ2) is 8.85. The number of nitrogens with one attached hydrogen (secondary N) is 2. The van der Waals surface area contributed by atoms with Gasteiger partial charge in [-0.25, -0.2) is 9.40 Å². The zero-order valence-electron chi connectivity index (χ0n) is 17.4. The van der Waals surface area contributed by atoms with E-state index in [4.69, 9.17) is 4.74 Å². The lowest BCUT2D eigenvalue weighted by Crippen LogP contribution is -2.57. The Kier molecular flexibility index (Phi) is 5.99. The molecule has 0 spiro atoms. The second-order valence-corrected chi connectivity index (χ2v) is 7.93. The van der Waals surface area contributed by atoms with Crippen molar-refractivity contribution in [2.24, 2.45) is 4.99 Å². The normalized spacial score (nSPS) is 18.2. The third-order valence-corrected chi connectivity index (χ3v) is 5.82. The fraction of sp³-hybridized carbons (Fsp3) is 0.348. The quantitative estimate of drug-likeness (QED) is 0.771. The van der Waals surface area contributed by atoms with Crippen molar-refractivity contribution in [1.82, 2.24) is 10.7 Å². The predicted octanol–water partition coefficient (Wildman–Crippen LogP) is 2.25. The second-order valence-electron chi connectivity index (χ2n) is 7.93. The van der Waals surface area contributed by atoms with Crippen molar-refractivity contribution in [2.75, 3.05) is 31.3 Å². The molecule has 0 radical (unpaired) electrons. The van der Waals surface area contributed by atoms with Gasteiger partial charge in [0.1, 0.15) is 12.4 Å². The Bertz CT molecular complexity index is 1000. The van der Waals surface area contributed by atoms with Crippen LogP contribution in [0, 0.1) is 12.7 Å². The molecule has 0 aliphatic carbocycles. The number of aliphatic imine (C=N–C) groups is 1. The Balaban J connectivity index is 1.48. The number of halogens is 1. The minimum Gasteiger partial charge on any atom is -0.381 e. The summed E-state index contributed by atoms with van der Waals surface area (Å²) in [4.78, 5) is 29.3. The van der Waals surface area contributed by atoms with Crippen LogP contribution in [0.1, 0.15) is 24.0 Å². The van der Waals surface area contributed by atoms with E-state index in [2.05, 4.69) is 15.7 Å². The number of nitrogens with zero attached hydrogens (tertiary/aromatic N) is 2. The predicted molar refractivity (Wildman–Crippen MR) is 115 cm³/mol. The molecule has 8 heteroatoms. The molecular weight excluding hydrogens is 399 g/mol. The average Bonchev–Trinajstić information content (AvgIpc) is 2.79. The zero-order chi connectivity index (χ0) is 21.8. The molecular formula is C23H25FN4O3. The Hall–Kier alpha value is -3.26. The molecule has 0 unspecified atom stereocenters. The first kappa shape index (κ1) is 21.0. The molecule has 0 atom stereocenters. The van der Waals surface area contributed by atoms with E-state index in [-0.39, 0.29) is 24.1 Å². The lowest BCUT2D eigenvalue weighted by Gasteiger charge is -2.38. The summed E-state index contributed by atoms with van der Waals surface area (Å²) in [5.41, 5.74) is 4.95. The molecule has 2 N–H and O–H groups in total. The summed E-state index contributed by atoms with van der Waals surface area (Å²) in [6, 6.07) is 13.9. The number of aryl methyl sites for hydroxylation is 1. The SMILES string of the molecule is Cc1ccc(N2NC(C(=O)NCC3(c4cccc(F)c4)CCOCC3)=NCC2=O)cc1. The van der Waals surface area contributed by atoms with Crippen LogP contribution < -0.4 is 15.8 Å². The first-order valence-corrected chi connectivity index (χ1v) is 10.3. The van der Waals surface area contributed by atoms with E-state index in [1.54, 1.807) is 6.07 Å². The van der Waals surface area contributed by atoms with Gasteiger partial charge >= 0.3 is 0 Å². The summed E-state index contributed by atoms with van der Waals surface area (Å²) >= 11 is 0. The van der Waals surface area contributed by atoms with E-state index in [1.807, 2.05) is 37.3 Å².